The molecule has 1 aromatic carbocycles. The van der Waals surface area contributed by atoms with Crippen LogP contribution in [0, 0.1) is 11.6 Å². The molecule has 15 heavy (non-hydrogen) atoms. The molecule has 0 saturated heterocycles. The first-order valence-corrected chi connectivity index (χ1v) is 3.91. The van der Waals surface area contributed by atoms with E-state index in [-0.39, 0.29) is 5.75 Å². The Morgan fingerprint density at radius 3 is 2.20 bits per heavy atom. The van der Waals surface area contributed by atoms with Crippen molar-refractivity contribution in [3.8, 4) is 5.75 Å². The summed E-state index contributed by atoms with van der Waals surface area (Å²) in [7, 11) is 1.21. The van der Waals surface area contributed by atoms with E-state index in [4.69, 9.17) is 10.2 Å². The van der Waals surface area contributed by atoms with E-state index in [0.29, 0.717) is 0 Å². The number of hydrogen-bond acceptors (Lipinski definition) is 3. The van der Waals surface area contributed by atoms with Crippen molar-refractivity contribution < 1.29 is 28.5 Å². The Labute approximate surface area is 83.7 Å². The monoisotopic (exact) mass is 218 g/mol. The van der Waals surface area contributed by atoms with Gasteiger partial charge in [-0.05, 0) is 0 Å². The average molecular weight is 218 g/mol. The Morgan fingerprint density at radius 1 is 1.40 bits per heavy atom. The second-order valence-corrected chi connectivity index (χ2v) is 2.75. The summed E-state index contributed by atoms with van der Waals surface area (Å²) in [5.74, 6) is -4.15. The fraction of sp³-hybridized carbons (Fsp3) is 0.222. The van der Waals surface area contributed by atoms with Crippen molar-refractivity contribution in [2.75, 3.05) is 7.11 Å². The highest BCUT2D eigenvalue weighted by Gasteiger charge is 2.24. The second-order valence-electron chi connectivity index (χ2n) is 2.75. The lowest BCUT2D eigenvalue weighted by molar-refractivity contribution is -0.147. The minimum Gasteiger partial charge on any atom is -0.497 e. The van der Waals surface area contributed by atoms with Crippen molar-refractivity contribution in [3.63, 3.8) is 0 Å². The standard InChI is InChI=1S/C9H8F2O4/c1-15-4-2-5(10)7(6(11)3-4)8(12)9(13)14/h2-3,8,12H,1H3,(H,13,14)/t8-/m0/s1. The maximum absolute atomic E-state index is 13.2. The van der Waals surface area contributed by atoms with Gasteiger partial charge in [-0.2, -0.15) is 0 Å². The third kappa shape index (κ3) is 2.21. The number of aliphatic hydroxyl groups excluding tert-OH is 1. The fourth-order valence-electron chi connectivity index (χ4n) is 1.06. The number of carboxylic acid groups (broad SMARTS) is 1. The summed E-state index contributed by atoms with van der Waals surface area (Å²) in [6, 6.07) is 1.59. The van der Waals surface area contributed by atoms with Gasteiger partial charge in [-0.15, -0.1) is 0 Å². The number of methoxy groups -OCH3 is 1. The fourth-order valence-corrected chi connectivity index (χ4v) is 1.06. The van der Waals surface area contributed by atoms with Crippen molar-refractivity contribution >= 4 is 5.97 Å². The summed E-state index contributed by atoms with van der Waals surface area (Å²) in [6.45, 7) is 0. The zero-order valence-corrected chi connectivity index (χ0v) is 7.70. The van der Waals surface area contributed by atoms with Crippen molar-refractivity contribution in [2.24, 2.45) is 0 Å². The van der Waals surface area contributed by atoms with E-state index in [9.17, 15) is 13.6 Å². The van der Waals surface area contributed by atoms with Crippen molar-refractivity contribution in [1.29, 1.82) is 0 Å². The van der Waals surface area contributed by atoms with Gasteiger partial charge in [-0.1, -0.05) is 0 Å². The van der Waals surface area contributed by atoms with Gasteiger partial charge in [0.05, 0.1) is 12.7 Å². The Morgan fingerprint density at radius 2 is 1.87 bits per heavy atom. The molecule has 0 fully saturated rings. The summed E-state index contributed by atoms with van der Waals surface area (Å²) in [5.41, 5.74) is -0.900. The zero-order valence-electron chi connectivity index (χ0n) is 7.70. The molecule has 0 aliphatic heterocycles. The zero-order chi connectivity index (χ0) is 11.6. The predicted octanol–water partition coefficient (Wildman–Crippen LogP) is 1.09. The number of carbonyl (C=O) groups is 1. The van der Waals surface area contributed by atoms with Crippen molar-refractivity contribution in [2.45, 2.75) is 6.10 Å². The number of benzene rings is 1. The highest BCUT2D eigenvalue weighted by atomic mass is 19.1. The van der Waals surface area contributed by atoms with Gasteiger partial charge in [0.2, 0.25) is 0 Å². The van der Waals surface area contributed by atoms with Gasteiger partial charge >= 0.3 is 5.97 Å². The van der Waals surface area contributed by atoms with E-state index >= 15 is 0 Å². The molecule has 0 bridgehead atoms. The molecule has 0 spiro atoms. The second kappa shape index (κ2) is 4.22. The Kier molecular flexibility index (Phi) is 3.21. The molecule has 1 rings (SSSR count). The summed E-state index contributed by atoms with van der Waals surface area (Å²) >= 11 is 0. The molecule has 0 radical (unpaired) electrons. The molecule has 4 nitrogen and oxygen atoms in total. The van der Waals surface area contributed by atoms with E-state index in [1.165, 1.54) is 7.11 Å². The van der Waals surface area contributed by atoms with E-state index in [1.807, 2.05) is 0 Å². The Balaban J connectivity index is 3.25. The molecule has 0 heterocycles. The van der Waals surface area contributed by atoms with Crippen LogP contribution >= 0.6 is 0 Å². The van der Waals surface area contributed by atoms with Crippen molar-refractivity contribution in [1.82, 2.24) is 0 Å². The van der Waals surface area contributed by atoms with Gasteiger partial charge in [-0.25, -0.2) is 13.6 Å². The molecule has 0 aliphatic rings. The van der Waals surface area contributed by atoms with E-state index < -0.39 is 29.3 Å². The van der Waals surface area contributed by atoms with Crippen LogP contribution in [0.4, 0.5) is 8.78 Å². The largest absolute Gasteiger partial charge is 0.497 e. The normalized spacial score (nSPS) is 12.3. The topological polar surface area (TPSA) is 66.8 Å². The maximum atomic E-state index is 13.2. The molecule has 2 N–H and O–H groups in total. The van der Waals surface area contributed by atoms with Gasteiger partial charge in [0.1, 0.15) is 17.4 Å². The van der Waals surface area contributed by atoms with Crippen LogP contribution in [0.3, 0.4) is 0 Å². The number of rotatable bonds is 3. The first kappa shape index (κ1) is 11.4. The Bertz CT molecular complexity index is 369. The molecular formula is C9H8F2O4. The molecular weight excluding hydrogens is 210 g/mol. The van der Waals surface area contributed by atoms with Crippen LogP contribution in [0.2, 0.25) is 0 Å². The van der Waals surface area contributed by atoms with E-state index in [2.05, 4.69) is 4.74 Å². The summed E-state index contributed by atoms with van der Waals surface area (Å²) in [4.78, 5) is 10.3. The van der Waals surface area contributed by atoms with Crippen LogP contribution in [0.1, 0.15) is 11.7 Å². The number of aliphatic hydroxyl groups is 1. The maximum Gasteiger partial charge on any atom is 0.337 e. The summed E-state index contributed by atoms with van der Waals surface area (Å²) in [6.07, 6.45) is -2.23. The smallest absolute Gasteiger partial charge is 0.337 e. The quantitative estimate of drug-likeness (QED) is 0.796. The highest BCUT2D eigenvalue weighted by Crippen LogP contribution is 2.25. The van der Waals surface area contributed by atoms with Crippen LogP contribution in [0.25, 0.3) is 0 Å². The number of carboxylic acids is 1. The van der Waals surface area contributed by atoms with E-state index in [1.54, 1.807) is 0 Å². The minimum atomic E-state index is -2.23. The van der Waals surface area contributed by atoms with Gasteiger partial charge in [0.25, 0.3) is 0 Å². The van der Waals surface area contributed by atoms with Crippen molar-refractivity contribution in [3.05, 3.63) is 29.3 Å². The first-order valence-electron chi connectivity index (χ1n) is 3.91. The lowest BCUT2D eigenvalue weighted by atomic mass is 10.1. The van der Waals surface area contributed by atoms with Crippen LogP contribution in [0.15, 0.2) is 12.1 Å². The van der Waals surface area contributed by atoms with Gasteiger partial charge in [-0.3, -0.25) is 0 Å². The molecule has 0 saturated carbocycles. The third-order valence-corrected chi connectivity index (χ3v) is 1.80. The van der Waals surface area contributed by atoms with Crippen LogP contribution in [0.5, 0.6) is 5.75 Å². The summed E-state index contributed by atoms with van der Waals surface area (Å²) in [5, 5.41) is 17.4. The van der Waals surface area contributed by atoms with E-state index in [0.717, 1.165) is 12.1 Å². The van der Waals surface area contributed by atoms with Crippen LogP contribution < -0.4 is 4.74 Å². The first-order chi connectivity index (χ1) is 6.97. The lowest BCUT2D eigenvalue weighted by Gasteiger charge is -2.09. The number of hydrogen-bond donors (Lipinski definition) is 2. The van der Waals surface area contributed by atoms with Gasteiger partial charge < -0.3 is 14.9 Å². The summed E-state index contributed by atoms with van der Waals surface area (Å²) < 4.78 is 30.9. The number of aliphatic carboxylic acids is 1. The third-order valence-electron chi connectivity index (χ3n) is 1.80. The molecule has 0 aromatic heterocycles. The SMILES string of the molecule is COc1cc(F)c([C@H](O)C(=O)O)c(F)c1. The highest BCUT2D eigenvalue weighted by molar-refractivity contribution is 5.74. The minimum absolute atomic E-state index is 0.0914. The molecule has 0 unspecified atom stereocenters. The molecule has 6 heteroatoms. The molecule has 0 aliphatic carbocycles. The molecule has 1 atom stereocenters. The lowest BCUT2D eigenvalue weighted by Crippen LogP contribution is -2.14. The Hall–Kier alpha value is -1.69. The molecule has 82 valence electrons. The number of ether oxygens (including phenoxy) is 1. The van der Waals surface area contributed by atoms with Crippen LogP contribution in [-0.4, -0.2) is 23.3 Å². The molecule has 1 aromatic rings. The average Bonchev–Trinajstić information content (AvgIpc) is 2.16. The van der Waals surface area contributed by atoms with Gasteiger partial charge in [0.15, 0.2) is 6.10 Å². The van der Waals surface area contributed by atoms with Gasteiger partial charge in [0, 0.05) is 12.1 Å². The van der Waals surface area contributed by atoms with Crippen LogP contribution in [-0.2, 0) is 4.79 Å². The predicted molar refractivity (Wildman–Crippen MR) is 45.5 cm³/mol. The number of halogens is 2. The molecule has 0 amide bonds.